The molecule has 2 N–H and O–H groups in total. The van der Waals surface area contributed by atoms with Crippen molar-refractivity contribution in [1.82, 2.24) is 10.6 Å². The maximum absolute atomic E-state index is 3.60. The molecule has 30 heavy (non-hydrogen) atoms. The van der Waals surface area contributed by atoms with Crippen LogP contribution in [0.15, 0.2) is 0 Å². The highest BCUT2D eigenvalue weighted by Crippen LogP contribution is 2.13. The van der Waals surface area contributed by atoms with Crippen LogP contribution in [0.3, 0.4) is 0 Å². The fourth-order valence-electron chi connectivity index (χ4n) is 4.22. The predicted molar refractivity (Wildman–Crippen MR) is 139 cm³/mol. The topological polar surface area (TPSA) is 24.1 Å². The van der Waals surface area contributed by atoms with E-state index in [2.05, 4.69) is 24.5 Å². The molecule has 0 spiro atoms. The minimum absolute atomic E-state index is 1.23. The quantitative estimate of drug-likeness (QED) is 0.129. The van der Waals surface area contributed by atoms with E-state index < -0.39 is 0 Å². The van der Waals surface area contributed by atoms with Gasteiger partial charge in [-0.3, -0.25) is 0 Å². The lowest BCUT2D eigenvalue weighted by Crippen LogP contribution is -2.16. The average Bonchev–Trinajstić information content (AvgIpc) is 2.76. The molecule has 0 bridgehead atoms. The van der Waals surface area contributed by atoms with E-state index in [-0.39, 0.29) is 0 Å². The Hall–Kier alpha value is -0.0800. The van der Waals surface area contributed by atoms with Crippen LogP contribution in [-0.2, 0) is 0 Å². The highest BCUT2D eigenvalue weighted by molar-refractivity contribution is 4.53. The zero-order valence-corrected chi connectivity index (χ0v) is 21.4. The van der Waals surface area contributed by atoms with Crippen molar-refractivity contribution in [3.63, 3.8) is 0 Å². The number of hydrogen-bond acceptors (Lipinski definition) is 2. The maximum Gasteiger partial charge on any atom is -0.00489 e. The van der Waals surface area contributed by atoms with E-state index in [0.717, 1.165) is 0 Å². The first kappa shape index (κ1) is 29.9. The Morgan fingerprint density at radius 1 is 0.267 bits per heavy atom. The predicted octanol–water partition coefficient (Wildman–Crippen LogP) is 8.79. The molecule has 182 valence electrons. The Morgan fingerprint density at radius 3 is 0.700 bits per heavy atom. The first-order valence-electron chi connectivity index (χ1n) is 14.3. The van der Waals surface area contributed by atoms with Crippen molar-refractivity contribution in [2.75, 3.05) is 26.2 Å². The van der Waals surface area contributed by atoms with E-state index in [4.69, 9.17) is 0 Å². The van der Waals surface area contributed by atoms with E-state index in [0.29, 0.717) is 0 Å². The van der Waals surface area contributed by atoms with Gasteiger partial charge < -0.3 is 10.6 Å². The van der Waals surface area contributed by atoms with Crippen LogP contribution in [0, 0.1) is 0 Å². The molecule has 0 heterocycles. The number of rotatable bonds is 27. The van der Waals surface area contributed by atoms with Gasteiger partial charge in [-0.1, -0.05) is 129 Å². The summed E-state index contributed by atoms with van der Waals surface area (Å²) in [5.41, 5.74) is 0. The lowest BCUT2D eigenvalue weighted by atomic mass is 10.0. The summed E-state index contributed by atoms with van der Waals surface area (Å²) in [6, 6.07) is 0. The molecule has 0 aliphatic heterocycles. The smallest absolute Gasteiger partial charge is 0.00489 e. The summed E-state index contributed by atoms with van der Waals surface area (Å²) in [6.45, 7) is 9.51. The highest BCUT2D eigenvalue weighted by Gasteiger charge is 1.95. The van der Waals surface area contributed by atoms with Crippen LogP contribution in [-0.4, -0.2) is 26.2 Å². The van der Waals surface area contributed by atoms with Crippen LogP contribution in [0.2, 0.25) is 0 Å². The molecule has 0 amide bonds. The van der Waals surface area contributed by atoms with E-state index in [9.17, 15) is 0 Å². The molecule has 0 rings (SSSR count). The Labute approximate surface area is 192 Å². The van der Waals surface area contributed by atoms with Gasteiger partial charge in [0.2, 0.25) is 0 Å². The Balaban J connectivity index is 2.97. The van der Waals surface area contributed by atoms with Gasteiger partial charge in [-0.15, -0.1) is 0 Å². The highest BCUT2D eigenvalue weighted by atomic mass is 14.8. The van der Waals surface area contributed by atoms with Gasteiger partial charge in [-0.05, 0) is 51.9 Å². The number of nitrogens with one attached hydrogen (secondary N) is 2. The molecule has 0 saturated heterocycles. The minimum atomic E-state index is 1.23. The molecule has 2 heteroatoms. The van der Waals surface area contributed by atoms with Crippen LogP contribution >= 0.6 is 0 Å². The van der Waals surface area contributed by atoms with Crippen LogP contribution in [0.1, 0.15) is 155 Å². The van der Waals surface area contributed by atoms with E-state index >= 15 is 0 Å². The third-order valence-electron chi connectivity index (χ3n) is 6.37. The molecule has 2 nitrogen and oxygen atoms in total. The monoisotopic (exact) mass is 424 g/mol. The number of hydrogen-bond donors (Lipinski definition) is 2. The van der Waals surface area contributed by atoms with Crippen molar-refractivity contribution in [2.45, 2.75) is 155 Å². The molecule has 0 unspecified atom stereocenters. The van der Waals surface area contributed by atoms with E-state index in [1.165, 1.54) is 167 Å². The van der Waals surface area contributed by atoms with Crippen molar-refractivity contribution in [3.05, 3.63) is 0 Å². The zero-order valence-electron chi connectivity index (χ0n) is 21.4. The minimum Gasteiger partial charge on any atom is -0.317 e. The van der Waals surface area contributed by atoms with Crippen molar-refractivity contribution >= 4 is 0 Å². The summed E-state index contributed by atoms with van der Waals surface area (Å²) in [4.78, 5) is 0. The summed E-state index contributed by atoms with van der Waals surface area (Å²) in [5.74, 6) is 0. The molecular formula is C28H60N2. The summed E-state index contributed by atoms with van der Waals surface area (Å²) in [6.07, 6.45) is 31.3. The largest absolute Gasteiger partial charge is 0.317 e. The molecule has 0 saturated carbocycles. The standard InChI is InChI=1S/C28H60N2/c1-3-5-7-21-25-29-27-23-19-17-15-13-11-9-10-12-14-16-18-20-24-28-30-26-22-8-6-4-2/h29-30H,3-28H2,1-2H3. The Kier molecular flexibility index (Phi) is 28.8. The van der Waals surface area contributed by atoms with Gasteiger partial charge in [0.15, 0.2) is 0 Å². The van der Waals surface area contributed by atoms with E-state index in [1.807, 2.05) is 0 Å². The summed E-state index contributed by atoms with van der Waals surface area (Å²) < 4.78 is 0. The SMILES string of the molecule is CCCCCCNCCCCCCCCCCCCCCCCNCCCCCC. The third kappa shape index (κ3) is 27.9. The van der Waals surface area contributed by atoms with Crippen LogP contribution in [0.25, 0.3) is 0 Å². The second-order valence-corrected chi connectivity index (χ2v) is 9.57. The molecule has 0 aliphatic carbocycles. The Morgan fingerprint density at radius 2 is 0.467 bits per heavy atom. The van der Waals surface area contributed by atoms with Crippen LogP contribution in [0.5, 0.6) is 0 Å². The lowest BCUT2D eigenvalue weighted by molar-refractivity contribution is 0.519. The molecule has 0 radical (unpaired) electrons. The van der Waals surface area contributed by atoms with Gasteiger partial charge >= 0.3 is 0 Å². The first-order valence-corrected chi connectivity index (χ1v) is 14.3. The van der Waals surface area contributed by atoms with Gasteiger partial charge in [0.1, 0.15) is 0 Å². The van der Waals surface area contributed by atoms with E-state index in [1.54, 1.807) is 0 Å². The van der Waals surface area contributed by atoms with Crippen molar-refractivity contribution in [3.8, 4) is 0 Å². The van der Waals surface area contributed by atoms with Crippen molar-refractivity contribution in [1.29, 1.82) is 0 Å². The van der Waals surface area contributed by atoms with Gasteiger partial charge in [0.05, 0.1) is 0 Å². The average molecular weight is 425 g/mol. The van der Waals surface area contributed by atoms with Gasteiger partial charge in [0, 0.05) is 0 Å². The lowest BCUT2D eigenvalue weighted by Gasteiger charge is -2.05. The molecule has 0 aromatic heterocycles. The van der Waals surface area contributed by atoms with Crippen molar-refractivity contribution in [2.24, 2.45) is 0 Å². The summed E-state index contributed by atoms with van der Waals surface area (Å²) >= 11 is 0. The molecule has 0 aliphatic rings. The number of unbranched alkanes of at least 4 members (excludes halogenated alkanes) is 19. The molecular weight excluding hydrogens is 364 g/mol. The Bertz CT molecular complexity index is 252. The summed E-state index contributed by atoms with van der Waals surface area (Å²) in [5, 5.41) is 7.20. The molecule has 0 aromatic carbocycles. The fourth-order valence-corrected chi connectivity index (χ4v) is 4.22. The van der Waals surface area contributed by atoms with Crippen LogP contribution in [0.4, 0.5) is 0 Å². The molecule has 0 aromatic rings. The summed E-state index contributed by atoms with van der Waals surface area (Å²) in [7, 11) is 0. The second kappa shape index (κ2) is 28.9. The van der Waals surface area contributed by atoms with Gasteiger partial charge in [-0.25, -0.2) is 0 Å². The van der Waals surface area contributed by atoms with Gasteiger partial charge in [-0.2, -0.15) is 0 Å². The molecule has 0 atom stereocenters. The fraction of sp³-hybridized carbons (Fsp3) is 1.00. The maximum atomic E-state index is 3.60. The van der Waals surface area contributed by atoms with Gasteiger partial charge in [0.25, 0.3) is 0 Å². The third-order valence-corrected chi connectivity index (χ3v) is 6.37. The van der Waals surface area contributed by atoms with Crippen molar-refractivity contribution < 1.29 is 0 Å². The zero-order chi connectivity index (χ0) is 21.8. The first-order chi connectivity index (χ1) is 14.9. The normalized spacial score (nSPS) is 11.4. The second-order valence-electron chi connectivity index (χ2n) is 9.57. The molecule has 0 fully saturated rings. The van der Waals surface area contributed by atoms with Crippen LogP contribution < -0.4 is 10.6 Å².